The van der Waals surface area contributed by atoms with Crippen LogP contribution in [0.15, 0.2) is 53.1 Å². The number of furan rings is 1. The topological polar surface area (TPSA) is 42.7 Å². The quantitative estimate of drug-likeness (QED) is 0.823. The maximum atomic E-state index is 12.7. The highest BCUT2D eigenvalue weighted by Gasteiger charge is 2.28. The van der Waals surface area contributed by atoms with Gasteiger partial charge < -0.3 is 14.1 Å². The fourth-order valence-corrected chi connectivity index (χ4v) is 2.74. The van der Waals surface area contributed by atoms with Crippen LogP contribution >= 0.6 is 0 Å². The van der Waals surface area contributed by atoms with Gasteiger partial charge in [-0.3, -0.25) is 4.79 Å². The van der Waals surface area contributed by atoms with Crippen molar-refractivity contribution in [3.8, 4) is 0 Å². The second-order valence-corrected chi connectivity index (χ2v) is 5.58. The van der Waals surface area contributed by atoms with E-state index in [9.17, 15) is 4.79 Å². The van der Waals surface area contributed by atoms with E-state index in [1.807, 2.05) is 35.2 Å². The third-order valence-corrected chi connectivity index (χ3v) is 3.96. The number of ether oxygens (including phenoxy) is 1. The minimum absolute atomic E-state index is 0.0739. The molecule has 1 aromatic carbocycles. The fraction of sp³-hybridized carbons (Fsp3) is 0.389. The summed E-state index contributed by atoms with van der Waals surface area (Å²) in [5.41, 5.74) is 1.23. The Labute approximate surface area is 130 Å². The highest BCUT2D eigenvalue weighted by molar-refractivity contribution is 5.81. The van der Waals surface area contributed by atoms with Crippen LogP contribution in [0.2, 0.25) is 0 Å². The number of hydrogen-bond donors (Lipinski definition) is 0. The van der Waals surface area contributed by atoms with Crippen LogP contribution in [0.3, 0.4) is 0 Å². The van der Waals surface area contributed by atoms with Crippen LogP contribution in [0.4, 0.5) is 0 Å². The lowest BCUT2D eigenvalue weighted by Crippen LogP contribution is -2.39. The summed E-state index contributed by atoms with van der Waals surface area (Å²) in [5, 5.41) is 0. The molecule has 0 bridgehead atoms. The van der Waals surface area contributed by atoms with Crippen molar-refractivity contribution in [1.29, 1.82) is 0 Å². The third-order valence-electron chi connectivity index (χ3n) is 3.96. The van der Waals surface area contributed by atoms with Crippen molar-refractivity contribution in [3.05, 3.63) is 60.1 Å². The van der Waals surface area contributed by atoms with Gasteiger partial charge >= 0.3 is 0 Å². The largest absolute Gasteiger partial charge is 0.467 e. The zero-order valence-corrected chi connectivity index (χ0v) is 12.6. The van der Waals surface area contributed by atoms with Gasteiger partial charge in [0.15, 0.2) is 0 Å². The van der Waals surface area contributed by atoms with Crippen molar-refractivity contribution in [1.82, 2.24) is 4.90 Å². The average Bonchev–Trinajstić information content (AvgIpc) is 3.25. The summed E-state index contributed by atoms with van der Waals surface area (Å²) in [6.07, 6.45) is 3.97. The minimum Gasteiger partial charge on any atom is -0.467 e. The summed E-state index contributed by atoms with van der Waals surface area (Å²) in [6, 6.07) is 14.0. The Morgan fingerprint density at radius 2 is 2.05 bits per heavy atom. The fourth-order valence-electron chi connectivity index (χ4n) is 2.74. The first-order valence-corrected chi connectivity index (χ1v) is 7.79. The molecule has 116 valence electrons. The van der Waals surface area contributed by atoms with Crippen LogP contribution in [-0.4, -0.2) is 30.1 Å². The maximum absolute atomic E-state index is 12.7. The summed E-state index contributed by atoms with van der Waals surface area (Å²) >= 11 is 0. The van der Waals surface area contributed by atoms with Crippen LogP contribution in [-0.2, 0) is 22.5 Å². The highest BCUT2D eigenvalue weighted by Crippen LogP contribution is 2.17. The van der Waals surface area contributed by atoms with Crippen molar-refractivity contribution < 1.29 is 13.9 Å². The van der Waals surface area contributed by atoms with E-state index in [4.69, 9.17) is 9.15 Å². The van der Waals surface area contributed by atoms with Gasteiger partial charge in [-0.1, -0.05) is 30.3 Å². The van der Waals surface area contributed by atoms with Gasteiger partial charge in [0.2, 0.25) is 0 Å². The van der Waals surface area contributed by atoms with Crippen molar-refractivity contribution in [2.24, 2.45) is 0 Å². The normalized spacial score (nSPS) is 17.5. The lowest BCUT2D eigenvalue weighted by atomic mass is 10.1. The number of nitrogens with zero attached hydrogens (tertiary/aromatic N) is 1. The molecule has 0 aliphatic carbocycles. The Kier molecular flexibility index (Phi) is 4.91. The zero-order chi connectivity index (χ0) is 15.2. The standard InChI is InChI=1S/C18H21NO3/c20-18(17-9-5-13-22-17)19(14-16-8-4-12-21-16)11-10-15-6-2-1-3-7-15/h1-4,6-8,12,17H,5,9-11,13-14H2/t17-/m1/s1. The third kappa shape index (κ3) is 3.77. The zero-order valence-electron chi connectivity index (χ0n) is 12.6. The van der Waals surface area contributed by atoms with Gasteiger partial charge in [-0.15, -0.1) is 0 Å². The first kappa shape index (κ1) is 14.9. The summed E-state index contributed by atoms with van der Waals surface area (Å²) in [5.74, 6) is 0.879. The van der Waals surface area contributed by atoms with Crippen LogP contribution in [0.5, 0.6) is 0 Å². The monoisotopic (exact) mass is 299 g/mol. The highest BCUT2D eigenvalue weighted by atomic mass is 16.5. The van der Waals surface area contributed by atoms with E-state index < -0.39 is 0 Å². The molecule has 4 heteroatoms. The van der Waals surface area contributed by atoms with Gasteiger partial charge in [-0.05, 0) is 37.0 Å². The summed E-state index contributed by atoms with van der Waals surface area (Å²) in [6.45, 7) is 1.85. The van der Waals surface area contributed by atoms with Crippen LogP contribution in [0.25, 0.3) is 0 Å². The molecule has 22 heavy (non-hydrogen) atoms. The predicted molar refractivity (Wildman–Crippen MR) is 83.2 cm³/mol. The van der Waals surface area contributed by atoms with Gasteiger partial charge in [0, 0.05) is 13.2 Å². The Morgan fingerprint density at radius 1 is 1.18 bits per heavy atom. The van der Waals surface area contributed by atoms with Gasteiger partial charge in [-0.25, -0.2) is 0 Å². The minimum atomic E-state index is -0.286. The molecule has 0 spiro atoms. The molecule has 1 aliphatic heterocycles. The maximum Gasteiger partial charge on any atom is 0.252 e. The molecular formula is C18H21NO3. The number of hydrogen-bond acceptors (Lipinski definition) is 3. The molecule has 1 fully saturated rings. The molecule has 1 amide bonds. The molecular weight excluding hydrogens is 278 g/mol. The van der Waals surface area contributed by atoms with E-state index in [2.05, 4.69) is 12.1 Å². The Balaban J connectivity index is 1.66. The SMILES string of the molecule is O=C([C@H]1CCCO1)N(CCc1ccccc1)Cc1ccco1. The second-order valence-electron chi connectivity index (χ2n) is 5.58. The van der Waals surface area contributed by atoms with E-state index in [1.54, 1.807) is 6.26 Å². The van der Waals surface area contributed by atoms with Crippen molar-refractivity contribution in [2.45, 2.75) is 31.9 Å². The second kappa shape index (κ2) is 7.27. The molecule has 0 radical (unpaired) electrons. The first-order chi connectivity index (χ1) is 10.8. The molecule has 1 saturated heterocycles. The first-order valence-electron chi connectivity index (χ1n) is 7.79. The molecule has 1 atom stereocenters. The number of carbonyl (C=O) groups excluding carboxylic acids is 1. The Bertz CT molecular complexity index is 574. The summed E-state index contributed by atoms with van der Waals surface area (Å²) in [7, 11) is 0. The Hall–Kier alpha value is -2.07. The summed E-state index contributed by atoms with van der Waals surface area (Å²) < 4.78 is 10.9. The smallest absolute Gasteiger partial charge is 0.252 e. The molecule has 1 aliphatic rings. The van der Waals surface area contributed by atoms with Crippen molar-refractivity contribution >= 4 is 5.91 Å². The number of amides is 1. The average molecular weight is 299 g/mol. The van der Waals surface area contributed by atoms with E-state index in [0.29, 0.717) is 19.7 Å². The number of carbonyl (C=O) groups is 1. The molecule has 0 N–H and O–H groups in total. The Morgan fingerprint density at radius 3 is 2.73 bits per heavy atom. The van der Waals surface area contributed by atoms with Crippen LogP contribution in [0.1, 0.15) is 24.2 Å². The molecule has 2 aromatic rings. The van der Waals surface area contributed by atoms with Gasteiger partial charge in [0.1, 0.15) is 11.9 Å². The number of benzene rings is 1. The molecule has 0 saturated carbocycles. The summed E-state index contributed by atoms with van der Waals surface area (Å²) in [4.78, 5) is 14.5. The van der Waals surface area contributed by atoms with Crippen LogP contribution in [0, 0.1) is 0 Å². The van der Waals surface area contributed by atoms with Gasteiger partial charge in [0.05, 0.1) is 12.8 Å². The van der Waals surface area contributed by atoms with Gasteiger partial charge in [-0.2, -0.15) is 0 Å². The molecule has 4 nitrogen and oxygen atoms in total. The molecule has 2 heterocycles. The van der Waals surface area contributed by atoms with E-state index in [1.165, 1.54) is 5.56 Å². The molecule has 1 aromatic heterocycles. The number of rotatable bonds is 6. The lowest BCUT2D eigenvalue weighted by molar-refractivity contribution is -0.141. The van der Waals surface area contributed by atoms with Crippen molar-refractivity contribution in [3.63, 3.8) is 0 Å². The van der Waals surface area contributed by atoms with E-state index in [-0.39, 0.29) is 12.0 Å². The van der Waals surface area contributed by atoms with Crippen molar-refractivity contribution in [2.75, 3.05) is 13.2 Å². The van der Waals surface area contributed by atoms with E-state index in [0.717, 1.165) is 25.0 Å². The van der Waals surface area contributed by atoms with Crippen LogP contribution < -0.4 is 0 Å². The predicted octanol–water partition coefficient (Wildman–Crippen LogP) is 3.03. The van der Waals surface area contributed by atoms with Gasteiger partial charge in [0.25, 0.3) is 5.91 Å². The molecule has 0 unspecified atom stereocenters. The lowest BCUT2D eigenvalue weighted by Gasteiger charge is -2.24. The van der Waals surface area contributed by atoms with E-state index >= 15 is 0 Å². The molecule has 3 rings (SSSR count).